The topological polar surface area (TPSA) is 66.5 Å². The Morgan fingerprint density at radius 2 is 1.92 bits per heavy atom. The van der Waals surface area contributed by atoms with Gasteiger partial charge in [-0.15, -0.1) is 11.3 Å². The smallest absolute Gasteiger partial charge is 0.319 e. The Balaban J connectivity index is 1.89. The third kappa shape index (κ3) is 3.19. The number of rotatable bonds is 6. The zero-order chi connectivity index (χ0) is 18.0. The minimum Gasteiger partial charge on any atom is -0.319 e. The molecule has 3 rings (SSSR count). The van der Waals surface area contributed by atoms with Crippen LogP contribution in [0.1, 0.15) is 35.0 Å². The molecule has 1 aromatic carbocycles. The Morgan fingerprint density at radius 1 is 1.20 bits per heavy atom. The maximum Gasteiger partial charge on any atom is 0.325 e. The van der Waals surface area contributed by atoms with Crippen LogP contribution in [0.15, 0.2) is 42.5 Å². The van der Waals surface area contributed by atoms with E-state index in [2.05, 4.69) is 5.32 Å². The summed E-state index contributed by atoms with van der Waals surface area (Å²) in [6.07, 6.45) is 1.18. The third-order valence-corrected chi connectivity index (χ3v) is 5.49. The number of thiophene rings is 1. The number of hydrogen-bond donors (Lipinski definition) is 1. The first-order valence-corrected chi connectivity index (χ1v) is 9.15. The Morgan fingerprint density at radius 3 is 2.52 bits per heavy atom. The molecule has 7 heteroatoms. The van der Waals surface area contributed by atoms with Gasteiger partial charge in [-0.3, -0.25) is 14.5 Å². The van der Waals surface area contributed by atoms with Crippen LogP contribution in [0.4, 0.5) is 4.79 Å². The maximum absolute atomic E-state index is 13.1. The van der Waals surface area contributed by atoms with E-state index in [0.29, 0.717) is 22.1 Å². The number of hydrogen-bond acceptors (Lipinski definition) is 4. The average molecular weight is 377 g/mol. The van der Waals surface area contributed by atoms with Crippen molar-refractivity contribution in [3.8, 4) is 0 Å². The van der Waals surface area contributed by atoms with Crippen LogP contribution in [0.5, 0.6) is 0 Å². The SMILES string of the molecule is CCCC1(c2ccccc2)NC(=O)N(CC(=O)c2ccc(Cl)s2)C1=O. The lowest BCUT2D eigenvalue weighted by molar-refractivity contribution is -0.131. The molecule has 1 saturated heterocycles. The van der Waals surface area contributed by atoms with E-state index < -0.39 is 11.6 Å². The van der Waals surface area contributed by atoms with Crippen molar-refractivity contribution < 1.29 is 14.4 Å². The molecule has 2 heterocycles. The first kappa shape index (κ1) is 17.6. The molecule has 1 N–H and O–H groups in total. The van der Waals surface area contributed by atoms with E-state index in [1.165, 1.54) is 0 Å². The molecule has 0 saturated carbocycles. The number of urea groups is 1. The van der Waals surface area contributed by atoms with Crippen molar-refractivity contribution in [2.75, 3.05) is 6.54 Å². The van der Waals surface area contributed by atoms with Gasteiger partial charge >= 0.3 is 6.03 Å². The summed E-state index contributed by atoms with van der Waals surface area (Å²) in [4.78, 5) is 39.3. The second-order valence-corrected chi connectivity index (χ2v) is 7.58. The van der Waals surface area contributed by atoms with Gasteiger partial charge in [-0.1, -0.05) is 55.3 Å². The average Bonchev–Trinajstić information content (AvgIpc) is 3.14. The molecule has 0 spiro atoms. The lowest BCUT2D eigenvalue weighted by Gasteiger charge is -2.26. The normalized spacial score (nSPS) is 20.0. The maximum atomic E-state index is 13.1. The zero-order valence-corrected chi connectivity index (χ0v) is 15.2. The molecule has 1 fully saturated rings. The van der Waals surface area contributed by atoms with Crippen LogP contribution in [0.2, 0.25) is 4.34 Å². The molecule has 0 radical (unpaired) electrons. The summed E-state index contributed by atoms with van der Waals surface area (Å²) in [7, 11) is 0. The quantitative estimate of drug-likeness (QED) is 0.615. The van der Waals surface area contributed by atoms with Crippen LogP contribution >= 0.6 is 22.9 Å². The zero-order valence-electron chi connectivity index (χ0n) is 13.6. The first-order chi connectivity index (χ1) is 12.0. The summed E-state index contributed by atoms with van der Waals surface area (Å²) in [5.74, 6) is -0.692. The summed E-state index contributed by atoms with van der Waals surface area (Å²) >= 11 is 6.99. The van der Waals surface area contributed by atoms with Gasteiger partial charge in [-0.2, -0.15) is 0 Å². The predicted molar refractivity (Wildman–Crippen MR) is 96.9 cm³/mol. The number of benzene rings is 1. The summed E-state index contributed by atoms with van der Waals surface area (Å²) in [5, 5.41) is 2.81. The molecule has 2 aromatic rings. The number of amides is 3. The predicted octanol–water partition coefficient (Wildman–Crippen LogP) is 3.83. The minimum atomic E-state index is -1.11. The van der Waals surface area contributed by atoms with E-state index in [1.54, 1.807) is 12.1 Å². The number of carbonyl (C=O) groups excluding carboxylic acids is 3. The Labute approximate surface area is 154 Å². The molecule has 1 aromatic heterocycles. The molecule has 1 aliphatic heterocycles. The fraction of sp³-hybridized carbons (Fsp3) is 0.278. The Hall–Kier alpha value is -2.18. The van der Waals surface area contributed by atoms with Gasteiger partial charge in [0.15, 0.2) is 5.78 Å². The highest BCUT2D eigenvalue weighted by Gasteiger charge is 2.52. The number of nitrogens with zero attached hydrogens (tertiary/aromatic N) is 1. The summed E-state index contributed by atoms with van der Waals surface area (Å²) < 4.78 is 0.491. The van der Waals surface area contributed by atoms with Crippen molar-refractivity contribution >= 4 is 40.7 Å². The highest BCUT2D eigenvalue weighted by Crippen LogP contribution is 2.34. The van der Waals surface area contributed by atoms with Crippen molar-refractivity contribution in [2.24, 2.45) is 0 Å². The first-order valence-electron chi connectivity index (χ1n) is 7.96. The fourth-order valence-corrected chi connectivity index (χ4v) is 4.04. The molecule has 0 bridgehead atoms. The number of carbonyl (C=O) groups is 3. The molecule has 1 unspecified atom stereocenters. The standard InChI is InChI=1S/C18H17ClN2O3S/c1-2-10-18(12-6-4-3-5-7-12)16(23)21(17(24)20-18)11-13(22)14-8-9-15(19)25-14/h3-9H,2,10-11H2,1H3,(H,20,24). The van der Waals surface area contributed by atoms with Gasteiger partial charge in [0, 0.05) is 0 Å². The van der Waals surface area contributed by atoms with E-state index >= 15 is 0 Å². The molecular formula is C18H17ClN2O3S. The summed E-state index contributed by atoms with van der Waals surface area (Å²) in [5.41, 5.74) is -0.384. The fourth-order valence-electron chi connectivity index (χ4n) is 3.06. The van der Waals surface area contributed by atoms with E-state index in [9.17, 15) is 14.4 Å². The largest absolute Gasteiger partial charge is 0.325 e. The monoisotopic (exact) mass is 376 g/mol. The van der Waals surface area contributed by atoms with Crippen molar-refractivity contribution in [3.63, 3.8) is 0 Å². The van der Waals surface area contributed by atoms with E-state index in [-0.39, 0.29) is 18.2 Å². The molecule has 0 aliphatic carbocycles. The molecule has 1 aliphatic rings. The molecule has 3 amide bonds. The number of nitrogens with one attached hydrogen (secondary N) is 1. The van der Waals surface area contributed by atoms with Crippen LogP contribution in [-0.2, 0) is 10.3 Å². The van der Waals surface area contributed by atoms with Crippen LogP contribution in [0.3, 0.4) is 0 Å². The second kappa shape index (κ2) is 6.98. The summed E-state index contributed by atoms with van der Waals surface area (Å²) in [6, 6.07) is 11.8. The van der Waals surface area contributed by atoms with Gasteiger partial charge in [0.1, 0.15) is 5.54 Å². The highest BCUT2D eigenvalue weighted by molar-refractivity contribution is 7.18. The van der Waals surface area contributed by atoms with E-state index in [4.69, 9.17) is 11.6 Å². The number of ketones is 1. The van der Waals surface area contributed by atoms with Crippen molar-refractivity contribution in [3.05, 3.63) is 57.2 Å². The number of Topliss-reactive ketones (excluding diaryl/α,β-unsaturated/α-hetero) is 1. The second-order valence-electron chi connectivity index (χ2n) is 5.87. The molecular weight excluding hydrogens is 360 g/mol. The van der Waals surface area contributed by atoms with Gasteiger partial charge in [0.05, 0.1) is 15.8 Å². The molecule has 25 heavy (non-hydrogen) atoms. The number of imide groups is 1. The highest BCUT2D eigenvalue weighted by atomic mass is 35.5. The molecule has 1 atom stereocenters. The Kier molecular flexibility index (Phi) is 4.92. The van der Waals surface area contributed by atoms with Crippen LogP contribution in [0, 0.1) is 0 Å². The van der Waals surface area contributed by atoms with E-state index in [1.807, 2.05) is 37.3 Å². The van der Waals surface area contributed by atoms with Crippen molar-refractivity contribution in [1.82, 2.24) is 10.2 Å². The van der Waals surface area contributed by atoms with Gasteiger partial charge in [0.25, 0.3) is 5.91 Å². The van der Waals surface area contributed by atoms with Gasteiger partial charge < -0.3 is 5.32 Å². The lowest BCUT2D eigenvalue weighted by atomic mass is 9.85. The number of halogens is 1. The van der Waals surface area contributed by atoms with Gasteiger partial charge in [0.2, 0.25) is 0 Å². The Bertz CT molecular complexity index is 821. The van der Waals surface area contributed by atoms with Gasteiger partial charge in [-0.05, 0) is 24.1 Å². The van der Waals surface area contributed by atoms with Gasteiger partial charge in [-0.25, -0.2) is 4.79 Å². The van der Waals surface area contributed by atoms with Crippen LogP contribution < -0.4 is 5.32 Å². The van der Waals surface area contributed by atoms with Crippen LogP contribution in [0.25, 0.3) is 0 Å². The van der Waals surface area contributed by atoms with Crippen LogP contribution in [-0.4, -0.2) is 29.2 Å². The molecule has 5 nitrogen and oxygen atoms in total. The van der Waals surface area contributed by atoms with Crippen molar-refractivity contribution in [2.45, 2.75) is 25.3 Å². The minimum absolute atomic E-state index is 0.292. The third-order valence-electron chi connectivity index (χ3n) is 4.22. The van der Waals surface area contributed by atoms with E-state index in [0.717, 1.165) is 21.8 Å². The summed E-state index contributed by atoms with van der Waals surface area (Å²) in [6.45, 7) is 1.66. The molecule has 130 valence electrons. The van der Waals surface area contributed by atoms with Crippen molar-refractivity contribution in [1.29, 1.82) is 0 Å². The lowest BCUT2D eigenvalue weighted by Crippen LogP contribution is -2.44.